The molecule has 1 aliphatic carbocycles. The van der Waals surface area contributed by atoms with Crippen molar-refractivity contribution >= 4 is 28.5 Å². The molecule has 4 aliphatic rings. The number of para-hydroxylation sites is 1. The summed E-state index contributed by atoms with van der Waals surface area (Å²) in [5.74, 6) is -0.290. The number of aryl methyl sites for hydroxylation is 1. The Labute approximate surface area is 329 Å². The number of methoxy groups -OCH3 is 3. The molecule has 4 aromatic rings. The van der Waals surface area contributed by atoms with E-state index in [1.165, 1.54) is 25.0 Å². The van der Waals surface area contributed by atoms with E-state index >= 15 is 0 Å². The molecule has 0 amide bonds. The molecule has 1 saturated heterocycles. The maximum Gasteiger partial charge on any atom is 0.344 e. The van der Waals surface area contributed by atoms with Crippen LogP contribution >= 0.6 is 0 Å². The quantitative estimate of drug-likeness (QED) is 0.167. The Morgan fingerprint density at radius 1 is 0.982 bits per heavy atom. The van der Waals surface area contributed by atoms with Crippen molar-refractivity contribution < 1.29 is 33.6 Å². The molecule has 296 valence electrons. The van der Waals surface area contributed by atoms with E-state index < -0.39 is 40.5 Å². The average Bonchev–Trinajstić information content (AvgIpc) is 3.81. The molecule has 1 saturated carbocycles. The van der Waals surface area contributed by atoms with Crippen molar-refractivity contribution in [2.45, 2.75) is 68.4 Å². The van der Waals surface area contributed by atoms with Gasteiger partial charge in [-0.1, -0.05) is 49.4 Å². The van der Waals surface area contributed by atoms with E-state index in [2.05, 4.69) is 97.1 Å². The van der Waals surface area contributed by atoms with Gasteiger partial charge >= 0.3 is 11.9 Å². The molecule has 3 aromatic carbocycles. The molecule has 7 atom stereocenters. The number of rotatable bonds is 10. The van der Waals surface area contributed by atoms with E-state index in [0.717, 1.165) is 45.9 Å². The molecule has 1 aromatic heterocycles. The number of esters is 2. The Kier molecular flexibility index (Phi) is 9.29. The Morgan fingerprint density at radius 3 is 2.34 bits per heavy atom. The molecule has 0 bridgehead atoms. The molecule has 4 heterocycles. The predicted molar refractivity (Wildman–Crippen MR) is 215 cm³/mol. The standard InChI is InChI=1S/C45H54N4O7/c1-10-43-20-13-22-49-23-21-44(39(43)49)37-32(24-30(54-8)25-35(37)48(6)40(44)45(52,42(51)55-9)41(43)56-27(2)50)36(28-16-18-29(53-7)19-17-28)38-33(26-46(3)4)31-14-11-12-15-34(31)47(38)5/h11-20,24-25,36,39-41,52H,10,21-23,26H2,1-9H3. The summed E-state index contributed by atoms with van der Waals surface area (Å²) in [6, 6.07) is 20.0. The van der Waals surface area contributed by atoms with Gasteiger partial charge in [0.05, 0.1) is 33.3 Å². The number of hydrogen-bond acceptors (Lipinski definition) is 10. The zero-order valence-electron chi connectivity index (χ0n) is 34.0. The number of carbonyl (C=O) groups is 2. The number of fused-ring (bicyclic) bond motifs is 2. The summed E-state index contributed by atoms with van der Waals surface area (Å²) < 4.78 is 25.9. The van der Waals surface area contributed by atoms with Crippen molar-refractivity contribution in [3.8, 4) is 11.5 Å². The molecular formula is C45H54N4O7. The highest BCUT2D eigenvalue weighted by Gasteiger charge is 2.80. The lowest BCUT2D eigenvalue weighted by Crippen LogP contribution is -2.81. The van der Waals surface area contributed by atoms with Crippen molar-refractivity contribution in [2.24, 2.45) is 12.5 Å². The lowest BCUT2D eigenvalue weighted by molar-refractivity contribution is -0.228. The third-order valence-electron chi connectivity index (χ3n) is 13.5. The van der Waals surface area contributed by atoms with E-state index in [1.807, 2.05) is 30.1 Å². The first-order chi connectivity index (χ1) is 26.8. The molecule has 56 heavy (non-hydrogen) atoms. The van der Waals surface area contributed by atoms with Crippen LogP contribution < -0.4 is 14.4 Å². The maximum atomic E-state index is 14.5. The molecule has 1 spiro atoms. The minimum atomic E-state index is -2.24. The van der Waals surface area contributed by atoms with Crippen LogP contribution in [0, 0.1) is 5.41 Å². The molecule has 7 unspecified atom stereocenters. The largest absolute Gasteiger partial charge is 0.497 e. The second-order valence-corrected chi connectivity index (χ2v) is 16.4. The number of likely N-dealkylation sites (N-methyl/N-ethyl adjacent to an activating group) is 1. The normalized spacial score (nSPS) is 28.2. The summed E-state index contributed by atoms with van der Waals surface area (Å²) in [6.45, 7) is 5.53. The van der Waals surface area contributed by atoms with Crippen LogP contribution in [0.2, 0.25) is 0 Å². The van der Waals surface area contributed by atoms with E-state index in [4.69, 9.17) is 18.9 Å². The summed E-state index contributed by atoms with van der Waals surface area (Å²) >= 11 is 0. The van der Waals surface area contributed by atoms with Crippen LogP contribution in [0.25, 0.3) is 10.9 Å². The summed E-state index contributed by atoms with van der Waals surface area (Å²) in [7, 11) is 12.9. The summed E-state index contributed by atoms with van der Waals surface area (Å²) in [6.07, 6.45) is 4.17. The highest BCUT2D eigenvalue weighted by atomic mass is 16.6. The third kappa shape index (κ3) is 5.06. The van der Waals surface area contributed by atoms with Gasteiger partial charge in [-0.3, -0.25) is 9.69 Å². The van der Waals surface area contributed by atoms with Crippen LogP contribution in [0.5, 0.6) is 11.5 Å². The fourth-order valence-corrected chi connectivity index (χ4v) is 11.7. The van der Waals surface area contributed by atoms with Crippen molar-refractivity contribution in [1.29, 1.82) is 0 Å². The average molecular weight is 763 g/mol. The zero-order valence-corrected chi connectivity index (χ0v) is 34.0. The minimum Gasteiger partial charge on any atom is -0.497 e. The van der Waals surface area contributed by atoms with Crippen LogP contribution in [0.3, 0.4) is 0 Å². The molecule has 2 fully saturated rings. The van der Waals surface area contributed by atoms with Crippen LogP contribution in [0.1, 0.15) is 60.6 Å². The van der Waals surface area contributed by atoms with Crippen molar-refractivity contribution in [3.05, 3.63) is 101 Å². The number of aromatic nitrogens is 1. The van der Waals surface area contributed by atoms with Gasteiger partial charge in [0.2, 0.25) is 5.60 Å². The van der Waals surface area contributed by atoms with Crippen molar-refractivity contribution in [2.75, 3.05) is 60.5 Å². The molecule has 3 aliphatic heterocycles. The molecule has 11 nitrogen and oxygen atoms in total. The maximum absolute atomic E-state index is 14.5. The Bertz CT molecular complexity index is 2230. The van der Waals surface area contributed by atoms with Gasteiger partial charge in [-0.2, -0.15) is 0 Å². The van der Waals surface area contributed by atoms with Gasteiger partial charge in [-0.15, -0.1) is 0 Å². The SMILES string of the molecule is CCC12C=CCN3CCC4(c5c(C(c6ccc(OC)cc6)c6c(CN(C)C)c7ccccc7n6C)cc(OC)cc5N(C)C4C(O)(C(=O)OC)C1OC(C)=O)C32. The first-order valence-corrected chi connectivity index (χ1v) is 19.5. The second-order valence-electron chi connectivity index (χ2n) is 16.4. The Hall–Kier alpha value is -4.84. The third-order valence-corrected chi connectivity index (χ3v) is 13.5. The molecule has 11 heteroatoms. The van der Waals surface area contributed by atoms with E-state index in [0.29, 0.717) is 31.7 Å². The van der Waals surface area contributed by atoms with Crippen LogP contribution in [0.4, 0.5) is 5.69 Å². The first kappa shape index (κ1) is 38.1. The predicted octanol–water partition coefficient (Wildman–Crippen LogP) is 5.38. The van der Waals surface area contributed by atoms with Crippen molar-refractivity contribution in [1.82, 2.24) is 14.4 Å². The Morgan fingerprint density at radius 2 is 1.70 bits per heavy atom. The number of carbonyl (C=O) groups excluding carboxylic acids is 2. The van der Waals surface area contributed by atoms with Crippen LogP contribution in [-0.2, 0) is 38.1 Å². The monoisotopic (exact) mass is 762 g/mol. The van der Waals surface area contributed by atoms with Crippen LogP contribution in [0.15, 0.2) is 72.8 Å². The number of ether oxygens (including phenoxy) is 4. The molecule has 8 rings (SSSR count). The van der Waals surface area contributed by atoms with Gasteiger partial charge in [0.15, 0.2) is 6.10 Å². The topological polar surface area (TPSA) is 106 Å². The number of anilines is 1. The van der Waals surface area contributed by atoms with Gasteiger partial charge in [-0.25, -0.2) is 4.79 Å². The highest BCUT2D eigenvalue weighted by Crippen LogP contribution is 2.69. The number of nitrogens with zero attached hydrogens (tertiary/aromatic N) is 4. The molecule has 1 N–H and O–H groups in total. The number of hydrogen-bond donors (Lipinski definition) is 1. The summed E-state index contributed by atoms with van der Waals surface area (Å²) in [5, 5.41) is 14.6. The van der Waals surface area contributed by atoms with Crippen LogP contribution in [-0.4, -0.2) is 111 Å². The van der Waals surface area contributed by atoms with Gasteiger partial charge in [0, 0.05) is 79.3 Å². The zero-order chi connectivity index (χ0) is 39.9. The van der Waals surface area contributed by atoms with E-state index in [-0.39, 0.29) is 12.0 Å². The lowest BCUT2D eigenvalue weighted by atomic mass is 9.47. The molecular weight excluding hydrogens is 709 g/mol. The van der Waals surface area contributed by atoms with Gasteiger partial charge in [0.25, 0.3) is 0 Å². The van der Waals surface area contributed by atoms with Gasteiger partial charge < -0.3 is 38.4 Å². The second kappa shape index (κ2) is 13.7. The number of benzene rings is 3. The lowest BCUT2D eigenvalue weighted by Gasteiger charge is -2.63. The first-order valence-electron chi connectivity index (χ1n) is 19.5. The minimum absolute atomic E-state index is 0.231. The number of aliphatic hydroxyl groups is 1. The smallest absolute Gasteiger partial charge is 0.344 e. The van der Waals surface area contributed by atoms with Gasteiger partial charge in [0.1, 0.15) is 11.5 Å². The fraction of sp³-hybridized carbons (Fsp3) is 0.467. The van der Waals surface area contributed by atoms with Crippen molar-refractivity contribution in [3.63, 3.8) is 0 Å². The fourth-order valence-electron chi connectivity index (χ4n) is 11.7. The van der Waals surface area contributed by atoms with Gasteiger partial charge in [-0.05, 0) is 80.0 Å². The van der Waals surface area contributed by atoms with E-state index in [1.54, 1.807) is 14.2 Å². The summed E-state index contributed by atoms with van der Waals surface area (Å²) in [4.78, 5) is 34.3. The highest BCUT2D eigenvalue weighted by molar-refractivity contribution is 5.89. The summed E-state index contributed by atoms with van der Waals surface area (Å²) in [5.41, 5.74) is 3.52. The molecule has 0 radical (unpaired) electrons. The Balaban J connectivity index is 1.52. The van der Waals surface area contributed by atoms with E-state index in [9.17, 15) is 14.7 Å².